The first-order valence-electron chi connectivity index (χ1n) is 11.5. The first-order valence-corrected chi connectivity index (χ1v) is 11.5. The van der Waals surface area contributed by atoms with Gasteiger partial charge in [-0.05, 0) is 42.2 Å². The minimum atomic E-state index is -1.16. The van der Waals surface area contributed by atoms with E-state index in [0.29, 0.717) is 5.75 Å². The molecule has 1 fully saturated rings. The van der Waals surface area contributed by atoms with Crippen LogP contribution in [-0.2, 0) is 16.0 Å². The number of imide groups is 1. The third-order valence-corrected chi connectivity index (χ3v) is 6.28. The molecule has 0 saturated carbocycles. The van der Waals surface area contributed by atoms with E-state index in [1.807, 2.05) is 79.7 Å². The lowest BCUT2D eigenvalue weighted by molar-refractivity contribution is -0.134. The van der Waals surface area contributed by atoms with Gasteiger partial charge >= 0.3 is 6.03 Å². The molecule has 0 radical (unpaired) electrons. The number of benzene rings is 3. The Morgan fingerprint density at radius 1 is 0.971 bits per heavy atom. The zero-order chi connectivity index (χ0) is 25.0. The number of ether oxygens (including phenoxy) is 1. The van der Waals surface area contributed by atoms with Gasteiger partial charge in [0.15, 0.2) is 0 Å². The Hall–Kier alpha value is -4.13. The molecule has 4 rings (SSSR count). The fraction of sp³-hybridized carbons (Fsp3) is 0.250. The molecule has 4 amide bonds. The topological polar surface area (TPSA) is 87.7 Å². The highest BCUT2D eigenvalue weighted by Gasteiger charge is 2.48. The number of hydrogen-bond donors (Lipinski definition) is 2. The van der Waals surface area contributed by atoms with E-state index in [1.54, 1.807) is 20.1 Å². The number of nitrogens with one attached hydrogen (secondary N) is 2. The smallest absolute Gasteiger partial charge is 0.325 e. The van der Waals surface area contributed by atoms with Crippen LogP contribution in [0, 0.1) is 0 Å². The summed E-state index contributed by atoms with van der Waals surface area (Å²) in [6.07, 6.45) is 0.254. The maximum Gasteiger partial charge on any atom is 0.325 e. The minimum absolute atomic E-state index is 0.254. The summed E-state index contributed by atoms with van der Waals surface area (Å²) in [6.45, 7) is 3.18. The fourth-order valence-corrected chi connectivity index (χ4v) is 4.35. The van der Waals surface area contributed by atoms with Crippen LogP contribution in [0.25, 0.3) is 11.1 Å². The second kappa shape index (κ2) is 10.0. The summed E-state index contributed by atoms with van der Waals surface area (Å²) in [5.41, 5.74) is 2.76. The van der Waals surface area contributed by atoms with Gasteiger partial charge in [0.2, 0.25) is 5.91 Å². The fourth-order valence-electron chi connectivity index (χ4n) is 4.35. The highest BCUT2D eigenvalue weighted by atomic mass is 16.5. The molecule has 1 aliphatic rings. The molecule has 2 N–H and O–H groups in total. The lowest BCUT2D eigenvalue weighted by Gasteiger charge is -2.23. The van der Waals surface area contributed by atoms with Gasteiger partial charge in [-0.2, -0.15) is 0 Å². The molecular weight excluding hydrogens is 442 g/mol. The molecule has 1 heterocycles. The molecule has 0 aromatic heterocycles. The van der Waals surface area contributed by atoms with E-state index in [9.17, 15) is 14.4 Å². The van der Waals surface area contributed by atoms with Crippen LogP contribution in [0.4, 0.5) is 4.79 Å². The largest absolute Gasteiger partial charge is 0.496 e. The lowest BCUT2D eigenvalue weighted by Crippen LogP contribution is -2.47. The van der Waals surface area contributed by atoms with Crippen molar-refractivity contribution in [1.82, 2.24) is 15.5 Å². The zero-order valence-corrected chi connectivity index (χ0v) is 20.1. The third-order valence-electron chi connectivity index (χ3n) is 6.28. The van der Waals surface area contributed by atoms with Gasteiger partial charge in [0.05, 0.1) is 13.2 Å². The molecule has 180 valence electrons. The molecule has 1 aliphatic heterocycles. The minimum Gasteiger partial charge on any atom is -0.496 e. The van der Waals surface area contributed by atoms with Crippen molar-refractivity contribution in [2.24, 2.45) is 0 Å². The third kappa shape index (κ3) is 5.19. The number of carbonyl (C=O) groups is 3. The summed E-state index contributed by atoms with van der Waals surface area (Å²) in [6, 6.07) is 24.5. The Kier molecular flexibility index (Phi) is 6.87. The van der Waals surface area contributed by atoms with Gasteiger partial charge in [0, 0.05) is 6.42 Å². The molecule has 0 aliphatic carbocycles. The summed E-state index contributed by atoms with van der Waals surface area (Å²) in [5.74, 6) is -0.211. The Morgan fingerprint density at radius 2 is 1.60 bits per heavy atom. The van der Waals surface area contributed by atoms with Crippen LogP contribution in [0.3, 0.4) is 0 Å². The number of urea groups is 1. The zero-order valence-electron chi connectivity index (χ0n) is 20.1. The normalized spacial score (nSPS) is 18.2. The molecule has 35 heavy (non-hydrogen) atoms. The lowest BCUT2D eigenvalue weighted by atomic mass is 9.92. The quantitative estimate of drug-likeness (QED) is 0.485. The number of methoxy groups -OCH3 is 1. The van der Waals surface area contributed by atoms with Gasteiger partial charge in [-0.3, -0.25) is 14.5 Å². The number of carbonyl (C=O) groups excluding carboxylic acids is 3. The van der Waals surface area contributed by atoms with Gasteiger partial charge < -0.3 is 15.4 Å². The summed E-state index contributed by atoms with van der Waals surface area (Å²) in [7, 11) is 1.56. The standard InChI is InChI=1S/C28H29N3O4/c1-19(20-13-15-22(16-14-20)21-9-5-4-6-10-21)29-25(32)18-31-26(33)28(2,30-27(31)34)17-23-11-7-8-12-24(23)35-3/h4-16,19H,17-18H2,1-3H3,(H,29,32)(H,30,34). The number of para-hydroxylation sites is 1. The van der Waals surface area contributed by atoms with E-state index in [2.05, 4.69) is 10.6 Å². The summed E-state index contributed by atoms with van der Waals surface area (Å²) < 4.78 is 5.37. The predicted molar refractivity (Wildman–Crippen MR) is 134 cm³/mol. The van der Waals surface area contributed by atoms with Crippen LogP contribution >= 0.6 is 0 Å². The molecule has 2 unspecified atom stereocenters. The molecule has 3 aromatic carbocycles. The Balaban J connectivity index is 1.38. The molecule has 3 aromatic rings. The van der Waals surface area contributed by atoms with E-state index in [1.165, 1.54) is 0 Å². The molecule has 0 spiro atoms. The molecule has 0 bridgehead atoms. The van der Waals surface area contributed by atoms with Crippen LogP contribution in [0.15, 0.2) is 78.9 Å². The first-order chi connectivity index (χ1) is 16.8. The summed E-state index contributed by atoms with van der Waals surface area (Å²) in [5, 5.41) is 5.63. The van der Waals surface area contributed by atoms with E-state index in [4.69, 9.17) is 4.74 Å². The van der Waals surface area contributed by atoms with Crippen molar-refractivity contribution in [3.8, 4) is 16.9 Å². The predicted octanol–water partition coefficient (Wildman–Crippen LogP) is 4.09. The SMILES string of the molecule is COc1ccccc1CC1(C)NC(=O)N(CC(=O)NC(C)c2ccc(-c3ccccc3)cc2)C1=O. The second-order valence-electron chi connectivity index (χ2n) is 8.92. The van der Waals surface area contributed by atoms with Crippen molar-refractivity contribution in [1.29, 1.82) is 0 Å². The highest BCUT2D eigenvalue weighted by Crippen LogP contribution is 2.27. The van der Waals surface area contributed by atoms with Gasteiger partial charge in [-0.1, -0.05) is 72.8 Å². The van der Waals surface area contributed by atoms with E-state index in [-0.39, 0.29) is 19.0 Å². The van der Waals surface area contributed by atoms with Gasteiger partial charge in [0.1, 0.15) is 17.8 Å². The average molecular weight is 472 g/mol. The van der Waals surface area contributed by atoms with Crippen molar-refractivity contribution >= 4 is 17.8 Å². The van der Waals surface area contributed by atoms with Gasteiger partial charge in [-0.15, -0.1) is 0 Å². The molecule has 7 nitrogen and oxygen atoms in total. The van der Waals surface area contributed by atoms with Gasteiger partial charge in [-0.25, -0.2) is 4.79 Å². The number of amides is 4. The second-order valence-corrected chi connectivity index (χ2v) is 8.92. The van der Waals surface area contributed by atoms with E-state index in [0.717, 1.165) is 27.2 Å². The summed E-state index contributed by atoms with van der Waals surface area (Å²) >= 11 is 0. The van der Waals surface area contributed by atoms with Gasteiger partial charge in [0.25, 0.3) is 5.91 Å². The van der Waals surface area contributed by atoms with Crippen molar-refractivity contribution in [2.45, 2.75) is 31.8 Å². The molecule has 1 saturated heterocycles. The van der Waals surface area contributed by atoms with Crippen molar-refractivity contribution in [3.63, 3.8) is 0 Å². The van der Waals surface area contributed by atoms with E-state index < -0.39 is 23.4 Å². The van der Waals surface area contributed by atoms with Crippen molar-refractivity contribution in [2.75, 3.05) is 13.7 Å². The van der Waals surface area contributed by atoms with Crippen LogP contribution in [0.1, 0.15) is 31.0 Å². The number of nitrogens with zero attached hydrogens (tertiary/aromatic N) is 1. The Bertz CT molecular complexity index is 1230. The average Bonchev–Trinajstić information content (AvgIpc) is 3.07. The van der Waals surface area contributed by atoms with Crippen molar-refractivity contribution < 1.29 is 19.1 Å². The molecule has 2 atom stereocenters. The summed E-state index contributed by atoms with van der Waals surface area (Å²) in [4.78, 5) is 39.4. The Labute approximate surface area is 205 Å². The van der Waals surface area contributed by atoms with Crippen LogP contribution in [-0.4, -0.2) is 41.9 Å². The highest BCUT2D eigenvalue weighted by molar-refractivity contribution is 6.09. The van der Waals surface area contributed by atoms with Crippen molar-refractivity contribution in [3.05, 3.63) is 90.0 Å². The monoisotopic (exact) mass is 471 g/mol. The molecular formula is C28H29N3O4. The van der Waals surface area contributed by atoms with Crippen LogP contribution in [0.2, 0.25) is 0 Å². The number of hydrogen-bond acceptors (Lipinski definition) is 4. The molecule has 7 heteroatoms. The maximum atomic E-state index is 13.1. The first kappa shape index (κ1) is 24.0. The van der Waals surface area contributed by atoms with Crippen LogP contribution < -0.4 is 15.4 Å². The maximum absolute atomic E-state index is 13.1. The Morgan fingerprint density at radius 3 is 2.29 bits per heavy atom. The number of rotatable bonds is 8. The van der Waals surface area contributed by atoms with Crippen LogP contribution in [0.5, 0.6) is 5.75 Å². The van der Waals surface area contributed by atoms with E-state index >= 15 is 0 Å².